The Hall–Kier alpha value is -1.59. The highest BCUT2D eigenvalue weighted by atomic mass is 32.2. The van der Waals surface area contributed by atoms with Crippen molar-refractivity contribution in [2.45, 2.75) is 31.5 Å². The molecule has 0 amide bonds. The number of benzene rings is 1. The molecule has 22 heavy (non-hydrogen) atoms. The summed E-state index contributed by atoms with van der Waals surface area (Å²) in [4.78, 5) is 1.19. The van der Waals surface area contributed by atoms with Gasteiger partial charge >= 0.3 is 0 Å². The van der Waals surface area contributed by atoms with Crippen LogP contribution in [0.1, 0.15) is 18.9 Å². The van der Waals surface area contributed by atoms with E-state index in [9.17, 15) is 0 Å². The molecule has 0 saturated heterocycles. The molecule has 0 fully saturated rings. The van der Waals surface area contributed by atoms with Gasteiger partial charge in [0.2, 0.25) is 0 Å². The summed E-state index contributed by atoms with van der Waals surface area (Å²) in [6.45, 7) is 3.05. The molecule has 2 heterocycles. The highest BCUT2D eigenvalue weighted by Gasteiger charge is 2.13. The normalized spacial score (nSPS) is 11.0. The number of hydrogen-bond acceptors (Lipinski definition) is 4. The Labute approximate surface area is 139 Å². The predicted molar refractivity (Wildman–Crippen MR) is 94.5 cm³/mol. The van der Waals surface area contributed by atoms with Crippen molar-refractivity contribution in [3.63, 3.8) is 0 Å². The average Bonchev–Trinajstić information content (AvgIpc) is 3.21. The van der Waals surface area contributed by atoms with Gasteiger partial charge in [-0.1, -0.05) is 48.2 Å². The molecule has 3 rings (SSSR count). The van der Waals surface area contributed by atoms with Gasteiger partial charge < -0.3 is 4.57 Å². The molecule has 0 unspecified atom stereocenters. The van der Waals surface area contributed by atoms with Gasteiger partial charge in [0, 0.05) is 12.3 Å². The van der Waals surface area contributed by atoms with Crippen LogP contribution in [0.4, 0.5) is 0 Å². The summed E-state index contributed by atoms with van der Waals surface area (Å²) in [5, 5.41) is 11.8. The molecule has 3 nitrogen and oxygen atoms in total. The maximum absolute atomic E-state index is 4.37. The second-order valence-electron chi connectivity index (χ2n) is 4.97. The molecular weight excluding hydrogens is 310 g/mol. The zero-order chi connectivity index (χ0) is 15.2. The first kappa shape index (κ1) is 15.3. The van der Waals surface area contributed by atoms with E-state index in [0.29, 0.717) is 0 Å². The predicted octanol–water partition coefficient (Wildman–Crippen LogP) is 4.75. The largest absolute Gasteiger partial charge is 0.302 e. The van der Waals surface area contributed by atoms with E-state index in [1.807, 2.05) is 0 Å². The van der Waals surface area contributed by atoms with Gasteiger partial charge in [0.15, 0.2) is 11.0 Å². The van der Waals surface area contributed by atoms with Crippen LogP contribution in [0.2, 0.25) is 0 Å². The average molecular weight is 329 g/mol. The fraction of sp³-hybridized carbons (Fsp3) is 0.294. The highest BCUT2D eigenvalue weighted by molar-refractivity contribution is 7.99. The van der Waals surface area contributed by atoms with Crippen LogP contribution in [0.5, 0.6) is 0 Å². The molecular formula is C17H19N3S2. The van der Waals surface area contributed by atoms with Crippen molar-refractivity contribution in [1.29, 1.82) is 0 Å². The maximum Gasteiger partial charge on any atom is 0.191 e. The maximum atomic E-state index is 4.37. The third-order valence-corrected chi connectivity index (χ3v) is 5.38. The number of thiophene rings is 1. The molecule has 0 aliphatic rings. The number of aryl methyl sites for hydroxylation is 1. The van der Waals surface area contributed by atoms with Gasteiger partial charge in [-0.15, -0.1) is 21.5 Å². The molecule has 0 spiro atoms. The molecule has 0 N–H and O–H groups in total. The SMILES string of the molecule is CCn1c(SCCCc2ccccc2)nnc1-c1cccs1. The van der Waals surface area contributed by atoms with Crippen LogP contribution in [0, 0.1) is 0 Å². The Morgan fingerprint density at radius 2 is 1.95 bits per heavy atom. The molecule has 0 radical (unpaired) electrons. The zero-order valence-corrected chi connectivity index (χ0v) is 14.2. The Balaban J connectivity index is 1.59. The van der Waals surface area contributed by atoms with Crippen LogP contribution in [-0.2, 0) is 13.0 Å². The molecule has 1 aromatic carbocycles. The third kappa shape index (κ3) is 3.59. The van der Waals surface area contributed by atoms with Crippen molar-refractivity contribution < 1.29 is 0 Å². The Morgan fingerprint density at radius 1 is 1.09 bits per heavy atom. The smallest absolute Gasteiger partial charge is 0.191 e. The van der Waals surface area contributed by atoms with E-state index in [2.05, 4.69) is 69.5 Å². The van der Waals surface area contributed by atoms with E-state index in [1.165, 1.54) is 10.4 Å². The number of hydrogen-bond donors (Lipinski definition) is 0. The Kier molecular flexibility index (Phi) is 5.29. The first-order valence-electron chi connectivity index (χ1n) is 7.52. The summed E-state index contributed by atoms with van der Waals surface area (Å²) in [6, 6.07) is 14.8. The van der Waals surface area contributed by atoms with E-state index in [1.54, 1.807) is 23.1 Å². The van der Waals surface area contributed by atoms with Crippen molar-refractivity contribution >= 4 is 23.1 Å². The van der Waals surface area contributed by atoms with Crippen LogP contribution in [0.25, 0.3) is 10.7 Å². The van der Waals surface area contributed by atoms with Crippen LogP contribution >= 0.6 is 23.1 Å². The van der Waals surface area contributed by atoms with E-state index < -0.39 is 0 Å². The highest BCUT2D eigenvalue weighted by Crippen LogP contribution is 2.27. The summed E-state index contributed by atoms with van der Waals surface area (Å²) in [5.41, 5.74) is 1.40. The third-order valence-electron chi connectivity index (χ3n) is 3.46. The number of thioether (sulfide) groups is 1. The van der Waals surface area contributed by atoms with Gasteiger partial charge in [0.05, 0.1) is 4.88 Å². The van der Waals surface area contributed by atoms with Gasteiger partial charge in [0.1, 0.15) is 0 Å². The lowest BCUT2D eigenvalue weighted by molar-refractivity contribution is 0.687. The van der Waals surface area contributed by atoms with E-state index in [4.69, 9.17) is 0 Å². The van der Waals surface area contributed by atoms with Crippen molar-refractivity contribution in [2.75, 3.05) is 5.75 Å². The van der Waals surface area contributed by atoms with E-state index >= 15 is 0 Å². The van der Waals surface area contributed by atoms with E-state index in [-0.39, 0.29) is 0 Å². The molecule has 0 bridgehead atoms. The summed E-state index contributed by atoms with van der Waals surface area (Å²) in [6.07, 6.45) is 2.27. The summed E-state index contributed by atoms with van der Waals surface area (Å²) in [5.74, 6) is 2.06. The first-order chi connectivity index (χ1) is 10.9. The lowest BCUT2D eigenvalue weighted by atomic mass is 10.1. The lowest BCUT2D eigenvalue weighted by Crippen LogP contribution is -1.99. The van der Waals surface area contributed by atoms with Crippen molar-refractivity contribution in [3.8, 4) is 10.7 Å². The lowest BCUT2D eigenvalue weighted by Gasteiger charge is -2.06. The van der Waals surface area contributed by atoms with Crippen LogP contribution in [-0.4, -0.2) is 20.5 Å². The quantitative estimate of drug-likeness (QED) is 0.463. The minimum absolute atomic E-state index is 0.904. The van der Waals surface area contributed by atoms with Crippen LogP contribution in [0.15, 0.2) is 53.0 Å². The number of nitrogens with zero attached hydrogens (tertiary/aromatic N) is 3. The van der Waals surface area contributed by atoms with Crippen molar-refractivity contribution in [3.05, 3.63) is 53.4 Å². The molecule has 5 heteroatoms. The molecule has 114 valence electrons. The van der Waals surface area contributed by atoms with E-state index in [0.717, 1.165) is 36.1 Å². The second kappa shape index (κ2) is 7.61. The fourth-order valence-corrected chi connectivity index (χ4v) is 4.01. The minimum Gasteiger partial charge on any atom is -0.302 e. The fourth-order valence-electron chi connectivity index (χ4n) is 2.35. The van der Waals surface area contributed by atoms with Gasteiger partial charge in [0.25, 0.3) is 0 Å². The second-order valence-corrected chi connectivity index (χ2v) is 6.98. The monoisotopic (exact) mass is 329 g/mol. The number of rotatable bonds is 7. The standard InChI is InChI=1S/C17H19N3S2/c1-2-20-16(15-11-7-12-21-15)18-19-17(20)22-13-6-10-14-8-4-3-5-9-14/h3-5,7-9,11-12H,2,6,10,13H2,1H3. The zero-order valence-electron chi connectivity index (χ0n) is 12.6. The van der Waals surface area contributed by atoms with Crippen molar-refractivity contribution in [2.24, 2.45) is 0 Å². The van der Waals surface area contributed by atoms with Crippen molar-refractivity contribution in [1.82, 2.24) is 14.8 Å². The van der Waals surface area contributed by atoms with Crippen LogP contribution in [0.3, 0.4) is 0 Å². The van der Waals surface area contributed by atoms with Gasteiger partial charge in [-0.05, 0) is 36.8 Å². The molecule has 0 aliphatic carbocycles. The Bertz CT molecular complexity index is 690. The van der Waals surface area contributed by atoms with Gasteiger partial charge in [-0.2, -0.15) is 0 Å². The summed E-state index contributed by atoms with van der Waals surface area (Å²) in [7, 11) is 0. The topological polar surface area (TPSA) is 30.7 Å². The molecule has 0 atom stereocenters. The first-order valence-corrected chi connectivity index (χ1v) is 9.39. The number of aromatic nitrogens is 3. The summed E-state index contributed by atoms with van der Waals surface area (Å²) < 4.78 is 2.21. The van der Waals surface area contributed by atoms with Crippen LogP contribution < -0.4 is 0 Å². The summed E-state index contributed by atoms with van der Waals surface area (Å²) >= 11 is 3.51. The molecule has 0 aliphatic heterocycles. The van der Waals surface area contributed by atoms with Gasteiger partial charge in [-0.3, -0.25) is 0 Å². The van der Waals surface area contributed by atoms with Gasteiger partial charge in [-0.25, -0.2) is 0 Å². The molecule has 2 aromatic heterocycles. The molecule has 3 aromatic rings. The molecule has 0 saturated carbocycles. The minimum atomic E-state index is 0.904. The Morgan fingerprint density at radius 3 is 2.68 bits per heavy atom.